The molecule has 2 aromatic rings. The molecule has 5 nitrogen and oxygen atoms in total. The van der Waals surface area contributed by atoms with E-state index in [0.717, 1.165) is 19.5 Å². The first-order valence-electron chi connectivity index (χ1n) is 9.70. The maximum Gasteiger partial charge on any atom is 0.217 e. The van der Waals surface area contributed by atoms with Gasteiger partial charge in [0.25, 0.3) is 0 Å². The number of hydrogen-bond donors (Lipinski definition) is 2. The largest absolute Gasteiger partial charge is 0.486 e. The number of aliphatic hydroxyl groups excluding tert-OH is 1. The zero-order valence-corrected chi connectivity index (χ0v) is 16.6. The van der Waals surface area contributed by atoms with Crippen molar-refractivity contribution >= 4 is 17.5 Å². The Balaban J connectivity index is 1.56. The van der Waals surface area contributed by atoms with E-state index >= 15 is 0 Å². The molecule has 1 fully saturated rings. The van der Waals surface area contributed by atoms with Gasteiger partial charge in [-0.2, -0.15) is 0 Å². The zero-order chi connectivity index (χ0) is 19.7. The monoisotopic (exact) mass is 400 g/mol. The Bertz CT molecular complexity index is 859. The lowest BCUT2D eigenvalue weighted by Crippen LogP contribution is -2.54. The van der Waals surface area contributed by atoms with E-state index in [2.05, 4.69) is 28.4 Å². The summed E-state index contributed by atoms with van der Waals surface area (Å²) in [6, 6.07) is 15.3. The van der Waals surface area contributed by atoms with Crippen molar-refractivity contribution in [2.24, 2.45) is 0 Å². The molecule has 1 heterocycles. The SMILES string of the molecule is CC(=O)N[C@@H]1C[C@@H](Oc2ccccc2Cl)[C@H](O)[C@H]1N1CCc2ccccc2C1. The fourth-order valence-corrected chi connectivity index (χ4v) is 4.64. The van der Waals surface area contributed by atoms with Crippen LogP contribution in [0.2, 0.25) is 5.02 Å². The third-order valence-corrected chi connectivity index (χ3v) is 6.03. The molecule has 1 aliphatic carbocycles. The average Bonchev–Trinajstić information content (AvgIpc) is 2.97. The molecule has 0 spiro atoms. The lowest BCUT2D eigenvalue weighted by Gasteiger charge is -2.38. The van der Waals surface area contributed by atoms with Crippen LogP contribution < -0.4 is 10.1 Å². The van der Waals surface area contributed by atoms with Gasteiger partial charge in [-0.15, -0.1) is 0 Å². The summed E-state index contributed by atoms with van der Waals surface area (Å²) < 4.78 is 6.06. The molecule has 4 rings (SSSR count). The number of aliphatic hydroxyl groups is 1. The summed E-state index contributed by atoms with van der Waals surface area (Å²) in [6.07, 6.45) is 0.314. The second-order valence-corrected chi connectivity index (χ2v) is 8.01. The maximum absolute atomic E-state index is 11.8. The van der Waals surface area contributed by atoms with E-state index in [1.165, 1.54) is 18.1 Å². The molecule has 1 saturated carbocycles. The van der Waals surface area contributed by atoms with Crippen LogP contribution in [0.25, 0.3) is 0 Å². The first-order chi connectivity index (χ1) is 13.5. The van der Waals surface area contributed by atoms with Gasteiger partial charge >= 0.3 is 0 Å². The van der Waals surface area contributed by atoms with Gasteiger partial charge in [0.05, 0.1) is 17.1 Å². The van der Waals surface area contributed by atoms with Crippen LogP contribution in [0.3, 0.4) is 0 Å². The van der Waals surface area contributed by atoms with Gasteiger partial charge in [-0.1, -0.05) is 48.0 Å². The summed E-state index contributed by atoms with van der Waals surface area (Å²) in [5, 5.41) is 14.7. The van der Waals surface area contributed by atoms with E-state index in [0.29, 0.717) is 17.2 Å². The second-order valence-electron chi connectivity index (χ2n) is 7.60. The second kappa shape index (κ2) is 8.11. The molecule has 0 bridgehead atoms. The van der Waals surface area contributed by atoms with Gasteiger partial charge in [-0.25, -0.2) is 0 Å². The highest BCUT2D eigenvalue weighted by molar-refractivity contribution is 6.32. The van der Waals surface area contributed by atoms with Crippen molar-refractivity contribution in [3.8, 4) is 5.75 Å². The number of hydrogen-bond acceptors (Lipinski definition) is 4. The van der Waals surface area contributed by atoms with E-state index in [1.807, 2.05) is 18.2 Å². The number of halogens is 1. The summed E-state index contributed by atoms with van der Waals surface area (Å²) in [6.45, 7) is 3.11. The van der Waals surface area contributed by atoms with E-state index in [9.17, 15) is 9.90 Å². The van der Waals surface area contributed by atoms with Gasteiger partial charge < -0.3 is 15.2 Å². The molecule has 2 N–H and O–H groups in total. The van der Waals surface area contributed by atoms with Crippen LogP contribution in [-0.4, -0.2) is 46.7 Å². The van der Waals surface area contributed by atoms with Gasteiger partial charge in [0.1, 0.15) is 18.0 Å². The highest BCUT2D eigenvalue weighted by atomic mass is 35.5. The Kier molecular flexibility index (Phi) is 5.58. The predicted molar refractivity (Wildman–Crippen MR) is 108 cm³/mol. The first kappa shape index (κ1) is 19.2. The molecule has 148 valence electrons. The normalized spacial score (nSPS) is 27.2. The summed E-state index contributed by atoms with van der Waals surface area (Å²) in [5.74, 6) is 0.456. The molecular formula is C22H25ClN2O3. The number of ether oxygens (including phenoxy) is 1. The lowest BCUT2D eigenvalue weighted by molar-refractivity contribution is -0.120. The Morgan fingerprint density at radius 3 is 2.64 bits per heavy atom. The minimum absolute atomic E-state index is 0.0991. The fraction of sp³-hybridized carbons (Fsp3) is 0.409. The van der Waals surface area contributed by atoms with Crippen molar-refractivity contribution in [3.05, 3.63) is 64.7 Å². The average molecular weight is 401 g/mol. The standard InChI is InChI=1S/C22H25ClN2O3/c1-14(26)24-18-12-20(28-19-9-5-4-8-17(19)23)22(27)21(18)25-11-10-15-6-2-3-7-16(15)13-25/h2-9,18,20-22,27H,10-13H2,1H3,(H,24,26)/t18-,20-,21+,22+/m1/s1. The maximum atomic E-state index is 11.8. The number of rotatable bonds is 4. The van der Waals surface area contributed by atoms with Crippen LogP contribution >= 0.6 is 11.6 Å². The number of amides is 1. The number of carbonyl (C=O) groups is 1. The molecule has 6 heteroatoms. The Morgan fingerprint density at radius 2 is 1.89 bits per heavy atom. The van der Waals surface area contributed by atoms with Gasteiger partial charge in [-0.3, -0.25) is 9.69 Å². The Morgan fingerprint density at radius 1 is 1.18 bits per heavy atom. The topological polar surface area (TPSA) is 61.8 Å². The van der Waals surface area contributed by atoms with Crippen LogP contribution in [0.5, 0.6) is 5.75 Å². The molecule has 4 atom stereocenters. The van der Waals surface area contributed by atoms with Crippen molar-refractivity contribution < 1.29 is 14.6 Å². The van der Waals surface area contributed by atoms with Gasteiger partial charge in [-0.05, 0) is 29.7 Å². The number of carbonyl (C=O) groups excluding carboxylic acids is 1. The molecule has 0 aromatic heterocycles. The first-order valence-corrected chi connectivity index (χ1v) is 10.1. The van der Waals surface area contributed by atoms with Crippen LogP contribution in [0, 0.1) is 0 Å². The van der Waals surface area contributed by atoms with E-state index in [4.69, 9.17) is 16.3 Å². The highest BCUT2D eigenvalue weighted by Gasteiger charge is 2.47. The minimum atomic E-state index is -0.724. The van der Waals surface area contributed by atoms with Crippen LogP contribution in [0.15, 0.2) is 48.5 Å². The number of benzene rings is 2. The fourth-order valence-electron chi connectivity index (χ4n) is 4.46. The van der Waals surface area contributed by atoms with Crippen LogP contribution in [0.4, 0.5) is 0 Å². The molecule has 0 unspecified atom stereocenters. The number of nitrogens with zero attached hydrogens (tertiary/aromatic N) is 1. The Hall–Kier alpha value is -2.08. The molecule has 0 radical (unpaired) electrons. The number of nitrogens with one attached hydrogen (secondary N) is 1. The van der Waals surface area contributed by atoms with Crippen molar-refractivity contribution in [3.63, 3.8) is 0 Å². The minimum Gasteiger partial charge on any atom is -0.486 e. The van der Waals surface area contributed by atoms with Crippen LogP contribution in [0.1, 0.15) is 24.5 Å². The third kappa shape index (κ3) is 3.88. The van der Waals surface area contributed by atoms with Gasteiger partial charge in [0.2, 0.25) is 5.91 Å². The van der Waals surface area contributed by atoms with E-state index in [1.54, 1.807) is 12.1 Å². The summed E-state index contributed by atoms with van der Waals surface area (Å²) in [7, 11) is 0. The van der Waals surface area contributed by atoms with Crippen molar-refractivity contribution in [2.75, 3.05) is 6.54 Å². The van der Waals surface area contributed by atoms with Crippen molar-refractivity contribution in [2.45, 2.75) is 50.6 Å². The predicted octanol–water partition coefficient (Wildman–Crippen LogP) is 2.78. The highest BCUT2D eigenvalue weighted by Crippen LogP contribution is 2.34. The summed E-state index contributed by atoms with van der Waals surface area (Å²) in [4.78, 5) is 14.0. The van der Waals surface area contributed by atoms with Gasteiger partial charge in [0, 0.05) is 26.4 Å². The summed E-state index contributed by atoms with van der Waals surface area (Å²) >= 11 is 6.23. The third-order valence-electron chi connectivity index (χ3n) is 5.71. The van der Waals surface area contributed by atoms with Crippen LogP contribution in [-0.2, 0) is 17.8 Å². The van der Waals surface area contributed by atoms with Crippen molar-refractivity contribution in [1.29, 1.82) is 0 Å². The Labute approximate surface area is 170 Å². The molecular weight excluding hydrogens is 376 g/mol. The molecule has 2 aliphatic rings. The van der Waals surface area contributed by atoms with Gasteiger partial charge in [0.15, 0.2) is 0 Å². The molecule has 28 heavy (non-hydrogen) atoms. The van der Waals surface area contributed by atoms with Crippen molar-refractivity contribution in [1.82, 2.24) is 10.2 Å². The van der Waals surface area contributed by atoms with E-state index in [-0.39, 0.29) is 18.0 Å². The number of para-hydroxylation sites is 1. The summed E-state index contributed by atoms with van der Waals surface area (Å²) in [5.41, 5.74) is 2.63. The molecule has 1 aliphatic heterocycles. The quantitative estimate of drug-likeness (QED) is 0.828. The lowest BCUT2D eigenvalue weighted by atomic mass is 9.97. The molecule has 2 aromatic carbocycles. The molecule has 0 saturated heterocycles. The molecule has 1 amide bonds. The van der Waals surface area contributed by atoms with E-state index < -0.39 is 12.2 Å². The smallest absolute Gasteiger partial charge is 0.217 e. The zero-order valence-electron chi connectivity index (χ0n) is 15.8. The number of fused-ring (bicyclic) bond motifs is 1.